The van der Waals surface area contributed by atoms with Crippen LogP contribution >= 0.6 is 0 Å². The van der Waals surface area contributed by atoms with Gasteiger partial charge in [-0.25, -0.2) is 0 Å². The van der Waals surface area contributed by atoms with Gasteiger partial charge in [0, 0.05) is 28.4 Å². The predicted molar refractivity (Wildman–Crippen MR) is 152 cm³/mol. The molecule has 0 atom stereocenters. The van der Waals surface area contributed by atoms with Crippen molar-refractivity contribution >= 4 is 34.3 Å². The molecule has 0 fully saturated rings. The van der Waals surface area contributed by atoms with Crippen LogP contribution in [0.5, 0.6) is 23.0 Å². The summed E-state index contributed by atoms with van der Waals surface area (Å²) in [6.07, 6.45) is 0. The third kappa shape index (κ3) is 6.03. The van der Waals surface area contributed by atoms with E-state index in [9.17, 15) is 4.79 Å². The van der Waals surface area contributed by atoms with Gasteiger partial charge < -0.3 is 31.6 Å². The number of rotatable bonds is 8. The summed E-state index contributed by atoms with van der Waals surface area (Å²) in [5, 5.41) is 6.28. The van der Waals surface area contributed by atoms with Gasteiger partial charge in [0.05, 0.1) is 0 Å². The van der Waals surface area contributed by atoms with Gasteiger partial charge >= 0.3 is 0 Å². The maximum atomic E-state index is 13.6. The van der Waals surface area contributed by atoms with Crippen LogP contribution in [-0.2, 0) is 0 Å². The topological polar surface area (TPSA) is 112 Å². The monoisotopic (exact) mass is 502 g/mol. The van der Waals surface area contributed by atoms with Crippen LogP contribution in [0.4, 0.5) is 28.4 Å². The van der Waals surface area contributed by atoms with Gasteiger partial charge in [-0.3, -0.25) is 4.79 Å². The number of nitrogens with two attached hydrogens (primary N) is 2. The first-order valence-corrected chi connectivity index (χ1v) is 12.0. The highest BCUT2D eigenvalue weighted by Crippen LogP contribution is 2.36. The molecular formula is C31H26N4O3. The molecule has 0 aliphatic heterocycles. The smallest absolute Gasteiger partial charge is 0.263 e. The van der Waals surface area contributed by atoms with Crippen LogP contribution in [0.3, 0.4) is 0 Å². The van der Waals surface area contributed by atoms with Crippen LogP contribution in [0.2, 0.25) is 0 Å². The summed E-state index contributed by atoms with van der Waals surface area (Å²) in [5.74, 6) is 1.36. The van der Waals surface area contributed by atoms with E-state index in [0.29, 0.717) is 40.1 Å². The second kappa shape index (κ2) is 11.1. The number of carbonyl (C=O) groups excluding carboxylic acids is 1. The molecule has 0 spiro atoms. The Morgan fingerprint density at radius 2 is 1.00 bits per heavy atom. The zero-order chi connectivity index (χ0) is 26.3. The number of benzene rings is 5. The fourth-order valence-corrected chi connectivity index (χ4v) is 3.75. The molecule has 5 rings (SSSR count). The van der Waals surface area contributed by atoms with Crippen LogP contribution in [0.1, 0.15) is 10.4 Å². The fourth-order valence-electron chi connectivity index (χ4n) is 3.75. The van der Waals surface area contributed by atoms with Gasteiger partial charge in [-0.15, -0.1) is 0 Å². The summed E-state index contributed by atoms with van der Waals surface area (Å²) in [6, 6.07) is 36.4. The van der Waals surface area contributed by atoms with Gasteiger partial charge in [-0.1, -0.05) is 24.3 Å². The fraction of sp³-hybridized carbons (Fsp3) is 0. The highest BCUT2D eigenvalue weighted by molar-refractivity contribution is 6.08. The molecule has 7 nitrogen and oxygen atoms in total. The molecule has 0 heterocycles. The second-order valence-corrected chi connectivity index (χ2v) is 8.49. The summed E-state index contributed by atoms with van der Waals surface area (Å²) in [7, 11) is 0. The minimum atomic E-state index is -0.384. The van der Waals surface area contributed by atoms with Crippen LogP contribution in [0.15, 0.2) is 121 Å². The Morgan fingerprint density at radius 1 is 0.526 bits per heavy atom. The SMILES string of the molecule is Nc1ccc(Oc2cccc(Oc3ccc(N)cc3)c2C(=O)Nc2ccc(Nc3ccccc3)cc2)cc1. The first-order valence-electron chi connectivity index (χ1n) is 12.0. The third-order valence-electron chi connectivity index (χ3n) is 5.64. The van der Waals surface area contributed by atoms with Crippen molar-refractivity contribution < 1.29 is 14.3 Å². The number of nitrogen functional groups attached to an aromatic ring is 2. The van der Waals surface area contributed by atoms with Gasteiger partial charge in [0.1, 0.15) is 28.6 Å². The molecule has 0 aliphatic carbocycles. The first kappa shape index (κ1) is 24.3. The van der Waals surface area contributed by atoms with E-state index in [1.54, 1.807) is 66.7 Å². The summed E-state index contributed by atoms with van der Waals surface area (Å²) in [6.45, 7) is 0. The van der Waals surface area contributed by atoms with E-state index in [0.717, 1.165) is 11.4 Å². The average Bonchev–Trinajstić information content (AvgIpc) is 2.93. The van der Waals surface area contributed by atoms with E-state index in [-0.39, 0.29) is 11.5 Å². The lowest BCUT2D eigenvalue weighted by molar-refractivity contribution is 0.102. The van der Waals surface area contributed by atoms with E-state index in [1.165, 1.54) is 0 Å². The van der Waals surface area contributed by atoms with Crippen LogP contribution < -0.4 is 31.6 Å². The lowest BCUT2D eigenvalue weighted by atomic mass is 10.1. The summed E-state index contributed by atoms with van der Waals surface area (Å²) in [5.41, 5.74) is 15.6. The number of carbonyl (C=O) groups is 1. The Kier molecular flexibility index (Phi) is 7.09. The molecule has 0 saturated heterocycles. The van der Waals surface area contributed by atoms with E-state index >= 15 is 0 Å². The molecule has 0 unspecified atom stereocenters. The maximum absolute atomic E-state index is 13.6. The molecule has 6 N–H and O–H groups in total. The van der Waals surface area contributed by atoms with E-state index < -0.39 is 0 Å². The van der Waals surface area contributed by atoms with Crippen molar-refractivity contribution in [1.82, 2.24) is 0 Å². The molecule has 188 valence electrons. The molecule has 0 bridgehead atoms. The van der Waals surface area contributed by atoms with Crippen LogP contribution in [0.25, 0.3) is 0 Å². The summed E-state index contributed by atoms with van der Waals surface area (Å²) >= 11 is 0. The van der Waals surface area contributed by atoms with Crippen molar-refractivity contribution in [1.29, 1.82) is 0 Å². The van der Waals surface area contributed by atoms with Crippen LogP contribution in [0, 0.1) is 0 Å². The molecule has 5 aromatic rings. The largest absolute Gasteiger partial charge is 0.456 e. The predicted octanol–water partition coefficient (Wildman–Crippen LogP) is 7.43. The van der Waals surface area contributed by atoms with Crippen molar-refractivity contribution in [2.45, 2.75) is 0 Å². The quantitative estimate of drug-likeness (QED) is 0.164. The Labute approximate surface area is 220 Å². The Bertz CT molecular complexity index is 1450. The minimum absolute atomic E-state index is 0.243. The standard InChI is InChI=1S/C31H26N4O3/c32-21-9-17-26(18-10-21)37-28-7-4-8-29(38-27-19-11-22(33)12-20-27)30(28)31(36)35-25-15-13-24(14-16-25)34-23-5-2-1-3-6-23/h1-20,34H,32-33H2,(H,35,36). The normalized spacial score (nSPS) is 10.4. The number of hydrogen-bond acceptors (Lipinski definition) is 6. The highest BCUT2D eigenvalue weighted by atomic mass is 16.5. The van der Waals surface area contributed by atoms with Crippen LogP contribution in [-0.4, -0.2) is 5.91 Å². The number of nitrogens with one attached hydrogen (secondary N) is 2. The molecular weight excluding hydrogens is 476 g/mol. The zero-order valence-electron chi connectivity index (χ0n) is 20.4. The van der Waals surface area contributed by atoms with Crippen molar-refractivity contribution in [3.05, 3.63) is 127 Å². The molecule has 5 aromatic carbocycles. The lowest BCUT2D eigenvalue weighted by Crippen LogP contribution is -2.14. The number of amides is 1. The zero-order valence-corrected chi connectivity index (χ0v) is 20.4. The van der Waals surface area contributed by atoms with E-state index in [4.69, 9.17) is 20.9 Å². The number of ether oxygens (including phenoxy) is 2. The van der Waals surface area contributed by atoms with Crippen molar-refractivity contribution in [2.24, 2.45) is 0 Å². The number of para-hydroxylation sites is 1. The third-order valence-corrected chi connectivity index (χ3v) is 5.64. The molecule has 0 aliphatic rings. The maximum Gasteiger partial charge on any atom is 0.263 e. The highest BCUT2D eigenvalue weighted by Gasteiger charge is 2.21. The number of anilines is 5. The van der Waals surface area contributed by atoms with Crippen molar-refractivity contribution in [2.75, 3.05) is 22.1 Å². The Balaban J connectivity index is 1.42. The summed E-state index contributed by atoms with van der Waals surface area (Å²) in [4.78, 5) is 13.6. The molecule has 0 saturated carbocycles. The molecule has 7 heteroatoms. The Morgan fingerprint density at radius 3 is 1.53 bits per heavy atom. The van der Waals surface area contributed by atoms with Gasteiger partial charge in [-0.05, 0) is 97.1 Å². The molecule has 0 radical (unpaired) electrons. The second-order valence-electron chi connectivity index (χ2n) is 8.49. The van der Waals surface area contributed by atoms with Crippen molar-refractivity contribution in [3.8, 4) is 23.0 Å². The summed E-state index contributed by atoms with van der Waals surface area (Å²) < 4.78 is 12.2. The number of hydrogen-bond donors (Lipinski definition) is 4. The van der Waals surface area contributed by atoms with E-state index in [1.807, 2.05) is 54.6 Å². The molecule has 0 aromatic heterocycles. The minimum Gasteiger partial charge on any atom is -0.456 e. The first-order chi connectivity index (χ1) is 18.5. The van der Waals surface area contributed by atoms with Crippen molar-refractivity contribution in [3.63, 3.8) is 0 Å². The molecule has 1 amide bonds. The van der Waals surface area contributed by atoms with Gasteiger partial charge in [0.25, 0.3) is 5.91 Å². The van der Waals surface area contributed by atoms with E-state index in [2.05, 4.69) is 10.6 Å². The lowest BCUT2D eigenvalue weighted by Gasteiger charge is -2.16. The average molecular weight is 503 g/mol. The van der Waals surface area contributed by atoms with Gasteiger partial charge in [0.2, 0.25) is 0 Å². The van der Waals surface area contributed by atoms with Gasteiger partial charge in [-0.2, -0.15) is 0 Å². The van der Waals surface area contributed by atoms with Gasteiger partial charge in [0.15, 0.2) is 0 Å². The Hall–Kier alpha value is -5.43. The molecule has 38 heavy (non-hydrogen) atoms.